The SMILES string of the molecule is CC1=CCCN(C(=O)CCS)C1. The van der Waals surface area contributed by atoms with Crippen LogP contribution in [0.2, 0.25) is 0 Å². The Labute approximate surface area is 79.0 Å². The normalized spacial score (nSPS) is 17.5. The standard InChI is InChI=1S/C9H15NOS/c1-8-3-2-5-10(7-8)9(11)4-6-12/h3,12H,2,4-7H2,1H3. The monoisotopic (exact) mass is 185 g/mol. The molecule has 3 heteroatoms. The van der Waals surface area contributed by atoms with Crippen LogP contribution in [0, 0.1) is 0 Å². The van der Waals surface area contributed by atoms with Gasteiger partial charge in [0.25, 0.3) is 0 Å². The summed E-state index contributed by atoms with van der Waals surface area (Å²) in [6.45, 7) is 3.76. The molecule has 0 saturated heterocycles. The number of carbonyl (C=O) groups is 1. The molecule has 1 rings (SSSR count). The highest BCUT2D eigenvalue weighted by atomic mass is 32.1. The second-order valence-electron chi connectivity index (χ2n) is 3.13. The van der Waals surface area contributed by atoms with Crippen molar-refractivity contribution in [3.05, 3.63) is 11.6 Å². The quantitative estimate of drug-likeness (QED) is 0.510. The molecule has 1 aliphatic rings. The van der Waals surface area contributed by atoms with Crippen LogP contribution in [-0.2, 0) is 4.79 Å². The van der Waals surface area contributed by atoms with Crippen LogP contribution in [0.1, 0.15) is 19.8 Å². The lowest BCUT2D eigenvalue weighted by Gasteiger charge is -2.25. The highest BCUT2D eigenvalue weighted by Gasteiger charge is 2.14. The van der Waals surface area contributed by atoms with E-state index in [0.717, 1.165) is 19.5 Å². The number of thiol groups is 1. The van der Waals surface area contributed by atoms with Gasteiger partial charge < -0.3 is 4.90 Å². The van der Waals surface area contributed by atoms with Crippen molar-refractivity contribution in [3.63, 3.8) is 0 Å². The predicted octanol–water partition coefficient (Wildman–Crippen LogP) is 1.48. The van der Waals surface area contributed by atoms with E-state index in [2.05, 4.69) is 25.6 Å². The van der Waals surface area contributed by atoms with Crippen molar-refractivity contribution in [2.75, 3.05) is 18.8 Å². The third kappa shape index (κ3) is 2.55. The lowest BCUT2D eigenvalue weighted by molar-refractivity contribution is -0.130. The minimum absolute atomic E-state index is 0.234. The second-order valence-corrected chi connectivity index (χ2v) is 3.58. The van der Waals surface area contributed by atoms with Gasteiger partial charge in [-0.05, 0) is 19.1 Å². The first-order chi connectivity index (χ1) is 5.74. The van der Waals surface area contributed by atoms with E-state index in [1.165, 1.54) is 5.57 Å². The predicted molar refractivity (Wildman–Crippen MR) is 53.4 cm³/mol. The van der Waals surface area contributed by atoms with E-state index < -0.39 is 0 Å². The molecule has 0 aliphatic carbocycles. The zero-order chi connectivity index (χ0) is 8.97. The van der Waals surface area contributed by atoms with Gasteiger partial charge >= 0.3 is 0 Å². The Morgan fingerprint density at radius 1 is 1.75 bits per heavy atom. The summed E-state index contributed by atoms with van der Waals surface area (Å²) in [6.07, 6.45) is 3.77. The molecule has 0 aromatic rings. The zero-order valence-electron chi connectivity index (χ0n) is 7.42. The van der Waals surface area contributed by atoms with Gasteiger partial charge in [0.15, 0.2) is 0 Å². The molecule has 0 saturated carbocycles. The molecule has 68 valence electrons. The van der Waals surface area contributed by atoms with Crippen LogP contribution in [0.5, 0.6) is 0 Å². The van der Waals surface area contributed by atoms with Gasteiger partial charge in [-0.15, -0.1) is 0 Å². The maximum atomic E-state index is 11.4. The summed E-state index contributed by atoms with van der Waals surface area (Å²) in [5.74, 6) is 0.885. The molecule has 1 aliphatic heterocycles. The van der Waals surface area contributed by atoms with E-state index in [4.69, 9.17) is 0 Å². The molecule has 0 N–H and O–H groups in total. The molecular formula is C9H15NOS. The Hall–Kier alpha value is -0.440. The largest absolute Gasteiger partial charge is 0.338 e. The number of hydrogen-bond donors (Lipinski definition) is 1. The van der Waals surface area contributed by atoms with E-state index in [1.807, 2.05) is 4.90 Å². The zero-order valence-corrected chi connectivity index (χ0v) is 8.31. The Morgan fingerprint density at radius 3 is 3.08 bits per heavy atom. The summed E-state index contributed by atoms with van der Waals surface area (Å²) >= 11 is 4.04. The third-order valence-electron chi connectivity index (χ3n) is 2.01. The van der Waals surface area contributed by atoms with Crippen molar-refractivity contribution in [3.8, 4) is 0 Å². The van der Waals surface area contributed by atoms with Crippen LogP contribution >= 0.6 is 12.6 Å². The van der Waals surface area contributed by atoms with Gasteiger partial charge in [0.1, 0.15) is 0 Å². The number of nitrogens with zero attached hydrogens (tertiary/aromatic N) is 1. The Morgan fingerprint density at radius 2 is 2.50 bits per heavy atom. The molecule has 2 nitrogen and oxygen atoms in total. The number of carbonyl (C=O) groups excluding carboxylic acids is 1. The topological polar surface area (TPSA) is 20.3 Å². The van der Waals surface area contributed by atoms with Gasteiger partial charge in [0.05, 0.1) is 0 Å². The van der Waals surface area contributed by atoms with Crippen molar-refractivity contribution in [1.82, 2.24) is 4.90 Å². The van der Waals surface area contributed by atoms with Crippen molar-refractivity contribution >= 4 is 18.5 Å². The van der Waals surface area contributed by atoms with Gasteiger partial charge in [0.2, 0.25) is 5.91 Å². The summed E-state index contributed by atoms with van der Waals surface area (Å²) in [5.41, 5.74) is 1.30. The van der Waals surface area contributed by atoms with E-state index >= 15 is 0 Å². The van der Waals surface area contributed by atoms with Gasteiger partial charge in [-0.3, -0.25) is 4.79 Å². The molecule has 1 amide bonds. The van der Waals surface area contributed by atoms with Crippen LogP contribution in [0.15, 0.2) is 11.6 Å². The summed E-state index contributed by atoms with van der Waals surface area (Å²) < 4.78 is 0. The van der Waals surface area contributed by atoms with Gasteiger partial charge in [-0.1, -0.05) is 11.6 Å². The molecule has 0 radical (unpaired) electrons. The molecule has 1 heterocycles. The maximum Gasteiger partial charge on any atom is 0.223 e. The third-order valence-corrected chi connectivity index (χ3v) is 2.23. The first kappa shape index (κ1) is 9.65. The number of amides is 1. The van der Waals surface area contributed by atoms with E-state index in [1.54, 1.807) is 0 Å². The van der Waals surface area contributed by atoms with Gasteiger partial charge in [0, 0.05) is 19.5 Å². The Kier molecular flexibility index (Phi) is 3.66. The maximum absolute atomic E-state index is 11.4. The van der Waals surface area contributed by atoms with Crippen molar-refractivity contribution in [2.24, 2.45) is 0 Å². The summed E-state index contributed by atoms with van der Waals surface area (Å²) in [7, 11) is 0. The molecule has 0 aromatic heterocycles. The summed E-state index contributed by atoms with van der Waals surface area (Å²) in [6, 6.07) is 0. The van der Waals surface area contributed by atoms with Crippen LogP contribution in [0.25, 0.3) is 0 Å². The minimum Gasteiger partial charge on any atom is -0.338 e. The van der Waals surface area contributed by atoms with Crippen molar-refractivity contribution in [1.29, 1.82) is 0 Å². The first-order valence-corrected chi connectivity index (χ1v) is 4.91. The molecule has 0 bridgehead atoms. The van der Waals surface area contributed by atoms with Crippen molar-refractivity contribution < 1.29 is 4.79 Å². The smallest absolute Gasteiger partial charge is 0.223 e. The van der Waals surface area contributed by atoms with E-state index in [0.29, 0.717) is 12.2 Å². The summed E-state index contributed by atoms with van der Waals surface area (Å²) in [4.78, 5) is 13.3. The molecule has 0 spiro atoms. The summed E-state index contributed by atoms with van der Waals surface area (Å²) in [5, 5.41) is 0. The first-order valence-electron chi connectivity index (χ1n) is 4.28. The van der Waals surface area contributed by atoms with Crippen LogP contribution in [0.4, 0.5) is 0 Å². The van der Waals surface area contributed by atoms with Crippen LogP contribution in [0.3, 0.4) is 0 Å². The Balaban J connectivity index is 2.43. The van der Waals surface area contributed by atoms with Crippen LogP contribution < -0.4 is 0 Å². The molecule has 0 fully saturated rings. The van der Waals surface area contributed by atoms with Gasteiger partial charge in [-0.2, -0.15) is 12.6 Å². The van der Waals surface area contributed by atoms with E-state index in [-0.39, 0.29) is 5.91 Å². The fourth-order valence-electron chi connectivity index (χ4n) is 1.38. The van der Waals surface area contributed by atoms with Crippen LogP contribution in [-0.4, -0.2) is 29.6 Å². The Bertz CT molecular complexity index is 201. The fourth-order valence-corrected chi connectivity index (χ4v) is 1.57. The average Bonchev–Trinajstić information content (AvgIpc) is 2.05. The van der Waals surface area contributed by atoms with Gasteiger partial charge in [-0.25, -0.2) is 0 Å². The minimum atomic E-state index is 0.234. The molecule has 12 heavy (non-hydrogen) atoms. The average molecular weight is 185 g/mol. The van der Waals surface area contributed by atoms with E-state index in [9.17, 15) is 4.79 Å². The number of hydrogen-bond acceptors (Lipinski definition) is 2. The molecular weight excluding hydrogens is 170 g/mol. The van der Waals surface area contributed by atoms with Crippen molar-refractivity contribution in [2.45, 2.75) is 19.8 Å². The molecule has 0 unspecified atom stereocenters. The lowest BCUT2D eigenvalue weighted by atomic mass is 10.1. The molecule has 0 aromatic carbocycles. The highest BCUT2D eigenvalue weighted by Crippen LogP contribution is 2.09. The second kappa shape index (κ2) is 4.55. The molecule has 0 atom stereocenters. The lowest BCUT2D eigenvalue weighted by Crippen LogP contribution is -2.35. The highest BCUT2D eigenvalue weighted by molar-refractivity contribution is 7.80. The number of rotatable bonds is 2. The fraction of sp³-hybridized carbons (Fsp3) is 0.667.